The first-order valence-corrected chi connectivity index (χ1v) is 12.6. The third kappa shape index (κ3) is 5.46. The highest BCUT2D eigenvalue weighted by molar-refractivity contribution is 7.89. The van der Waals surface area contributed by atoms with Crippen LogP contribution in [0.2, 0.25) is 0 Å². The first-order chi connectivity index (χ1) is 14.6. The van der Waals surface area contributed by atoms with Gasteiger partial charge in [0, 0.05) is 37.6 Å². The Morgan fingerprint density at radius 3 is 2.52 bits per heavy atom. The van der Waals surface area contributed by atoms with Gasteiger partial charge in [0.15, 0.2) is 0 Å². The zero-order chi connectivity index (χ0) is 22.6. The smallest absolute Gasteiger partial charge is 0.244 e. The van der Waals surface area contributed by atoms with Crippen LogP contribution in [0.25, 0.3) is 0 Å². The molecule has 0 spiro atoms. The van der Waals surface area contributed by atoms with Gasteiger partial charge in [-0.3, -0.25) is 9.69 Å². The molecule has 1 aromatic carbocycles. The Morgan fingerprint density at radius 1 is 1.19 bits per heavy atom. The molecule has 0 bridgehead atoms. The number of benzene rings is 1. The SMILES string of the molecule is CC1CCCN(C(C)(C)CNC(=O)C2CCN(S(=O)(=O)c3ccccc3C#N)CC2)C1. The summed E-state index contributed by atoms with van der Waals surface area (Å²) >= 11 is 0. The lowest BCUT2D eigenvalue weighted by molar-refractivity contribution is -0.126. The van der Waals surface area contributed by atoms with Crippen molar-refractivity contribution in [2.45, 2.75) is 56.9 Å². The van der Waals surface area contributed by atoms with Crippen LogP contribution in [0, 0.1) is 23.2 Å². The third-order valence-corrected chi connectivity index (χ3v) is 8.62. The lowest BCUT2D eigenvalue weighted by Gasteiger charge is -2.43. The number of hydrogen-bond acceptors (Lipinski definition) is 5. The maximum atomic E-state index is 13.0. The predicted octanol–water partition coefficient (Wildman–Crippen LogP) is 2.59. The minimum absolute atomic E-state index is 0.00704. The zero-order valence-corrected chi connectivity index (χ0v) is 19.6. The lowest BCUT2D eigenvalue weighted by atomic mass is 9.93. The van der Waals surface area contributed by atoms with Gasteiger partial charge in [-0.05, 0) is 64.1 Å². The number of nitrogens with one attached hydrogen (secondary N) is 1. The van der Waals surface area contributed by atoms with Crippen molar-refractivity contribution in [3.8, 4) is 6.07 Å². The molecule has 1 aromatic rings. The molecule has 1 amide bonds. The quantitative estimate of drug-likeness (QED) is 0.725. The number of sulfonamides is 1. The van der Waals surface area contributed by atoms with E-state index in [4.69, 9.17) is 0 Å². The molecule has 1 N–H and O–H groups in total. The van der Waals surface area contributed by atoms with Crippen LogP contribution in [0.1, 0.15) is 52.0 Å². The summed E-state index contributed by atoms with van der Waals surface area (Å²) in [6.07, 6.45) is 3.43. The largest absolute Gasteiger partial charge is 0.354 e. The van der Waals surface area contributed by atoms with Crippen molar-refractivity contribution in [3.05, 3.63) is 29.8 Å². The van der Waals surface area contributed by atoms with E-state index in [0.29, 0.717) is 25.3 Å². The molecule has 31 heavy (non-hydrogen) atoms. The number of hydrogen-bond donors (Lipinski definition) is 1. The van der Waals surface area contributed by atoms with E-state index in [2.05, 4.69) is 31.0 Å². The summed E-state index contributed by atoms with van der Waals surface area (Å²) in [5.41, 5.74) is 0.0479. The second-order valence-corrected chi connectivity index (χ2v) is 11.4. The van der Waals surface area contributed by atoms with Crippen LogP contribution < -0.4 is 5.32 Å². The molecule has 3 rings (SSSR count). The van der Waals surface area contributed by atoms with Crippen LogP contribution in [0.5, 0.6) is 0 Å². The summed E-state index contributed by atoms with van der Waals surface area (Å²) in [6.45, 7) is 9.90. The molecule has 2 saturated heterocycles. The van der Waals surface area contributed by atoms with Gasteiger partial charge in [0.2, 0.25) is 15.9 Å². The molecule has 2 aliphatic rings. The maximum absolute atomic E-state index is 13.0. The summed E-state index contributed by atoms with van der Waals surface area (Å²) in [5.74, 6) is 0.502. The number of amides is 1. The molecular weight excluding hydrogens is 412 g/mol. The Bertz CT molecular complexity index is 930. The molecule has 1 unspecified atom stereocenters. The van der Waals surface area contributed by atoms with E-state index in [1.54, 1.807) is 12.1 Å². The van der Waals surface area contributed by atoms with E-state index in [1.165, 1.54) is 29.3 Å². The normalized spacial score (nSPS) is 22.1. The Balaban J connectivity index is 1.54. The van der Waals surface area contributed by atoms with E-state index in [9.17, 15) is 18.5 Å². The third-order valence-electron chi connectivity index (χ3n) is 6.66. The van der Waals surface area contributed by atoms with Gasteiger partial charge in [0.05, 0.1) is 10.5 Å². The fourth-order valence-electron chi connectivity index (χ4n) is 4.58. The average Bonchev–Trinajstić information content (AvgIpc) is 2.77. The second-order valence-electron chi connectivity index (χ2n) is 9.51. The number of piperidine rings is 2. The van der Waals surface area contributed by atoms with Crippen LogP contribution >= 0.6 is 0 Å². The van der Waals surface area contributed by atoms with Crippen molar-refractivity contribution in [1.82, 2.24) is 14.5 Å². The fourth-order valence-corrected chi connectivity index (χ4v) is 6.19. The van der Waals surface area contributed by atoms with Gasteiger partial charge in [0.25, 0.3) is 0 Å². The van der Waals surface area contributed by atoms with Crippen LogP contribution in [0.15, 0.2) is 29.2 Å². The highest BCUT2D eigenvalue weighted by atomic mass is 32.2. The molecule has 0 radical (unpaired) electrons. The maximum Gasteiger partial charge on any atom is 0.244 e. The first-order valence-electron chi connectivity index (χ1n) is 11.2. The van der Waals surface area contributed by atoms with Gasteiger partial charge >= 0.3 is 0 Å². The van der Waals surface area contributed by atoms with E-state index in [1.807, 2.05) is 6.07 Å². The van der Waals surface area contributed by atoms with Crippen molar-refractivity contribution < 1.29 is 13.2 Å². The zero-order valence-electron chi connectivity index (χ0n) is 18.8. The van der Waals surface area contributed by atoms with Crippen LogP contribution in [-0.2, 0) is 14.8 Å². The molecular formula is C23H34N4O3S. The van der Waals surface area contributed by atoms with E-state index in [0.717, 1.165) is 13.1 Å². The van der Waals surface area contributed by atoms with Gasteiger partial charge < -0.3 is 5.32 Å². The molecule has 2 fully saturated rings. The van der Waals surface area contributed by atoms with Crippen LogP contribution in [0.4, 0.5) is 0 Å². The molecule has 170 valence electrons. The van der Waals surface area contributed by atoms with Crippen molar-refractivity contribution in [1.29, 1.82) is 5.26 Å². The Labute approximate surface area is 186 Å². The number of nitriles is 1. The van der Waals surface area contributed by atoms with Gasteiger partial charge in [-0.1, -0.05) is 19.1 Å². The van der Waals surface area contributed by atoms with Crippen molar-refractivity contribution >= 4 is 15.9 Å². The predicted molar refractivity (Wildman–Crippen MR) is 120 cm³/mol. The molecule has 2 heterocycles. The highest BCUT2D eigenvalue weighted by Crippen LogP contribution is 2.27. The van der Waals surface area contributed by atoms with Gasteiger partial charge in [-0.15, -0.1) is 0 Å². The van der Waals surface area contributed by atoms with E-state index >= 15 is 0 Å². The fraction of sp³-hybridized carbons (Fsp3) is 0.652. The molecule has 7 nitrogen and oxygen atoms in total. The highest BCUT2D eigenvalue weighted by Gasteiger charge is 2.35. The Kier molecular flexibility index (Phi) is 7.40. The molecule has 2 aliphatic heterocycles. The summed E-state index contributed by atoms with van der Waals surface area (Å²) < 4.78 is 27.3. The molecule has 8 heteroatoms. The summed E-state index contributed by atoms with van der Waals surface area (Å²) in [4.78, 5) is 15.3. The Hall–Kier alpha value is -1.95. The lowest BCUT2D eigenvalue weighted by Crippen LogP contribution is -2.55. The topological polar surface area (TPSA) is 93.5 Å². The van der Waals surface area contributed by atoms with Gasteiger partial charge in [-0.2, -0.15) is 9.57 Å². The van der Waals surface area contributed by atoms with Crippen molar-refractivity contribution in [2.75, 3.05) is 32.7 Å². The van der Waals surface area contributed by atoms with Crippen molar-refractivity contribution in [2.24, 2.45) is 11.8 Å². The summed E-state index contributed by atoms with van der Waals surface area (Å²) in [7, 11) is -3.74. The number of nitrogens with zero attached hydrogens (tertiary/aromatic N) is 3. The van der Waals surface area contributed by atoms with Crippen LogP contribution in [-0.4, -0.2) is 61.8 Å². The monoisotopic (exact) mass is 446 g/mol. The van der Waals surface area contributed by atoms with E-state index < -0.39 is 10.0 Å². The van der Waals surface area contributed by atoms with Gasteiger partial charge in [-0.25, -0.2) is 8.42 Å². The minimum Gasteiger partial charge on any atom is -0.354 e. The van der Waals surface area contributed by atoms with Gasteiger partial charge in [0.1, 0.15) is 6.07 Å². The summed E-state index contributed by atoms with van der Waals surface area (Å²) in [6, 6.07) is 8.21. The number of rotatable bonds is 6. The Morgan fingerprint density at radius 2 is 1.87 bits per heavy atom. The number of carbonyl (C=O) groups is 1. The molecule has 0 saturated carbocycles. The molecule has 0 aromatic heterocycles. The summed E-state index contributed by atoms with van der Waals surface area (Å²) in [5, 5.41) is 12.4. The molecule has 1 atom stereocenters. The number of carbonyl (C=O) groups excluding carboxylic acids is 1. The standard InChI is InChI=1S/C23H34N4O3S/c1-18-7-6-12-26(16-18)23(2,3)17-25-22(28)19-10-13-27(14-11-19)31(29,30)21-9-5-4-8-20(21)15-24/h4-5,8-9,18-19H,6-7,10-14,16-17H2,1-3H3,(H,25,28). The number of likely N-dealkylation sites (tertiary alicyclic amines) is 1. The first kappa shape index (κ1) is 23.7. The average molecular weight is 447 g/mol. The minimum atomic E-state index is -3.74. The second kappa shape index (κ2) is 9.68. The van der Waals surface area contributed by atoms with E-state index in [-0.39, 0.29) is 40.9 Å². The van der Waals surface area contributed by atoms with Crippen molar-refractivity contribution in [3.63, 3.8) is 0 Å². The molecule has 0 aliphatic carbocycles. The van der Waals surface area contributed by atoms with Crippen LogP contribution in [0.3, 0.4) is 0 Å².